The maximum absolute atomic E-state index is 12.9. The topological polar surface area (TPSA) is 69.4 Å². The first-order valence-corrected chi connectivity index (χ1v) is 15.5. The Balaban J connectivity index is 2.06. The van der Waals surface area contributed by atoms with Crippen LogP contribution in [-0.4, -0.2) is 27.2 Å². The van der Waals surface area contributed by atoms with E-state index in [0.717, 1.165) is 32.1 Å². The van der Waals surface area contributed by atoms with Crippen molar-refractivity contribution in [2.45, 2.75) is 94.1 Å². The first-order valence-electron chi connectivity index (χ1n) is 11.1. The highest BCUT2D eigenvalue weighted by Crippen LogP contribution is 2.41. The van der Waals surface area contributed by atoms with Crippen molar-refractivity contribution in [2.24, 2.45) is 0 Å². The van der Waals surface area contributed by atoms with Crippen LogP contribution in [0.4, 0.5) is 13.2 Å². The molecule has 1 unspecified atom stereocenters. The summed E-state index contributed by atoms with van der Waals surface area (Å²) < 4.78 is 73.6. The number of benzene rings is 1. The van der Waals surface area contributed by atoms with Crippen LogP contribution in [0.5, 0.6) is 0 Å². The van der Waals surface area contributed by atoms with Crippen LogP contribution in [0.1, 0.15) is 70.4 Å². The molecule has 0 amide bonds. The van der Waals surface area contributed by atoms with Gasteiger partial charge in [0.05, 0.1) is 6.20 Å². The number of unbranched alkanes of at least 4 members (excludes halogenated alkanes) is 3. The number of alkyl halides is 3. The van der Waals surface area contributed by atoms with E-state index in [2.05, 4.69) is 37.9 Å². The summed E-state index contributed by atoms with van der Waals surface area (Å²) in [6, 6.07) is 10.2. The second-order valence-corrected chi connectivity index (χ2v) is 16.4. The molecule has 0 saturated carbocycles. The van der Waals surface area contributed by atoms with Gasteiger partial charge in [0, 0.05) is 0 Å². The fraction of sp³-hybridized carbons (Fsp3) is 0.609. The van der Waals surface area contributed by atoms with E-state index in [1.54, 1.807) is 0 Å². The molecule has 0 aliphatic rings. The fourth-order valence-electron chi connectivity index (χ4n) is 3.08. The first-order chi connectivity index (χ1) is 15.1. The summed E-state index contributed by atoms with van der Waals surface area (Å²) in [6.07, 6.45) is 5.12. The largest absolute Gasteiger partial charge is 0.505 e. The minimum Gasteiger partial charge on any atom is -0.426 e. The van der Waals surface area contributed by atoms with Crippen molar-refractivity contribution in [3.8, 4) is 0 Å². The minimum atomic E-state index is -5.59. The van der Waals surface area contributed by atoms with Crippen LogP contribution in [-0.2, 0) is 20.7 Å². The van der Waals surface area contributed by atoms with Crippen molar-refractivity contribution < 1.29 is 30.4 Å². The van der Waals surface area contributed by atoms with Crippen molar-refractivity contribution >= 4 is 18.2 Å². The van der Waals surface area contributed by atoms with Crippen LogP contribution in [0.2, 0.25) is 18.1 Å². The molecule has 10 heteroatoms. The number of aromatic nitrogens is 1. The lowest BCUT2D eigenvalue weighted by Crippen LogP contribution is -2.41. The molecule has 33 heavy (non-hydrogen) atoms. The Hall–Kier alpha value is -1.65. The maximum Gasteiger partial charge on any atom is 0.505 e. The Morgan fingerprint density at radius 1 is 1.03 bits per heavy atom. The molecule has 1 aromatic carbocycles. The van der Waals surface area contributed by atoms with Gasteiger partial charge in [-0.25, -0.2) is 13.4 Å². The van der Waals surface area contributed by atoms with Gasteiger partial charge in [-0.05, 0) is 43.0 Å². The fourth-order valence-corrected chi connectivity index (χ4v) is 4.98. The highest BCUT2D eigenvalue weighted by atomic mass is 32.2. The third-order valence-electron chi connectivity index (χ3n) is 6.12. The maximum atomic E-state index is 12.9. The molecule has 5 nitrogen and oxygen atoms in total. The van der Waals surface area contributed by atoms with Gasteiger partial charge in [-0.3, -0.25) is 0 Å². The number of nitrogens with zero attached hydrogens (tertiary/aromatic N) is 1. The molecule has 2 rings (SSSR count). The van der Waals surface area contributed by atoms with E-state index in [4.69, 9.17) is 8.84 Å². The summed E-state index contributed by atoms with van der Waals surface area (Å²) in [6.45, 7) is 10.2. The first kappa shape index (κ1) is 27.6. The number of rotatable bonds is 11. The van der Waals surface area contributed by atoms with E-state index in [1.807, 2.05) is 31.3 Å². The molecule has 0 saturated heterocycles. The molecular formula is C23H34F3NO4SSi. The van der Waals surface area contributed by atoms with Gasteiger partial charge in [-0.1, -0.05) is 70.4 Å². The Morgan fingerprint density at radius 2 is 1.64 bits per heavy atom. The predicted molar refractivity (Wildman–Crippen MR) is 124 cm³/mol. The summed E-state index contributed by atoms with van der Waals surface area (Å²) in [5, 5.41) is -1.34. The smallest absolute Gasteiger partial charge is 0.426 e. The van der Waals surface area contributed by atoms with Gasteiger partial charge < -0.3 is 8.84 Å². The van der Waals surface area contributed by atoms with Crippen LogP contribution >= 0.6 is 0 Å². The van der Waals surface area contributed by atoms with Gasteiger partial charge in [0.15, 0.2) is 8.32 Å². The van der Waals surface area contributed by atoms with Gasteiger partial charge in [-0.2, -0.15) is 13.2 Å². The average molecular weight is 506 g/mol. The molecule has 0 fully saturated rings. The number of sulfone groups is 1. The molecule has 1 atom stereocenters. The van der Waals surface area contributed by atoms with Gasteiger partial charge in [-0.15, -0.1) is 0 Å². The number of hydrogen-bond donors (Lipinski definition) is 0. The summed E-state index contributed by atoms with van der Waals surface area (Å²) in [5.74, 6) is -0.119. The molecule has 1 aromatic heterocycles. The number of hydrogen-bond acceptors (Lipinski definition) is 5. The standard InChI is InChI=1S/C23H34F3NO4SSi/c1-22(2,3)33(4,5)31-19(16-12-7-6-9-13-18-14-10-8-11-15-18)21-27-17-20(30-21)32(28,29)23(24,25)26/h8,10-11,14-15,17,19H,6-7,9,12-13,16H2,1-5H3. The number of oxazole rings is 1. The summed E-state index contributed by atoms with van der Waals surface area (Å²) in [4.78, 5) is 3.87. The molecule has 0 N–H and O–H groups in total. The minimum absolute atomic E-state index is 0.119. The molecule has 0 bridgehead atoms. The van der Waals surface area contributed by atoms with E-state index in [-0.39, 0.29) is 10.9 Å². The molecule has 0 spiro atoms. The molecule has 2 aromatic rings. The van der Waals surface area contributed by atoms with Gasteiger partial charge in [0.1, 0.15) is 6.10 Å². The molecule has 1 heterocycles. The zero-order valence-electron chi connectivity index (χ0n) is 19.9. The molecule has 0 aliphatic heterocycles. The lowest BCUT2D eigenvalue weighted by atomic mass is 10.0. The van der Waals surface area contributed by atoms with Gasteiger partial charge in [0.2, 0.25) is 11.0 Å². The van der Waals surface area contributed by atoms with E-state index < -0.39 is 34.9 Å². The Bertz CT molecular complexity index is 983. The zero-order valence-corrected chi connectivity index (χ0v) is 21.7. The van der Waals surface area contributed by atoms with Crippen molar-refractivity contribution in [3.05, 3.63) is 48.0 Å². The van der Waals surface area contributed by atoms with Crippen molar-refractivity contribution in [3.63, 3.8) is 0 Å². The van der Waals surface area contributed by atoms with Crippen LogP contribution < -0.4 is 0 Å². The van der Waals surface area contributed by atoms with Crippen LogP contribution in [0.15, 0.2) is 46.0 Å². The number of halogens is 3. The van der Waals surface area contributed by atoms with Crippen molar-refractivity contribution in [2.75, 3.05) is 0 Å². The second kappa shape index (κ2) is 10.7. The highest BCUT2D eigenvalue weighted by molar-refractivity contribution is 7.92. The average Bonchev–Trinajstić information content (AvgIpc) is 3.19. The Kier molecular flexibility index (Phi) is 8.97. The van der Waals surface area contributed by atoms with Gasteiger partial charge in [0.25, 0.3) is 0 Å². The van der Waals surface area contributed by atoms with Crippen LogP contribution in [0, 0.1) is 0 Å². The molecular weight excluding hydrogens is 471 g/mol. The second-order valence-electron chi connectivity index (χ2n) is 9.77. The van der Waals surface area contributed by atoms with E-state index >= 15 is 0 Å². The summed E-state index contributed by atoms with van der Waals surface area (Å²) in [7, 11) is -7.91. The van der Waals surface area contributed by atoms with E-state index in [0.29, 0.717) is 12.6 Å². The molecule has 186 valence electrons. The molecule has 0 aliphatic carbocycles. The predicted octanol–water partition coefficient (Wildman–Crippen LogP) is 7.22. The van der Waals surface area contributed by atoms with Crippen LogP contribution in [0.25, 0.3) is 0 Å². The van der Waals surface area contributed by atoms with Crippen molar-refractivity contribution in [1.29, 1.82) is 0 Å². The zero-order chi connectivity index (χ0) is 24.9. The Labute approximate surface area is 195 Å². The van der Waals surface area contributed by atoms with Gasteiger partial charge >= 0.3 is 15.3 Å². The SMILES string of the molecule is CC(C)(C)[Si](C)(C)OC(CCCCCCc1ccccc1)c1ncc(S(=O)(=O)C(F)(F)F)o1. The molecule has 0 radical (unpaired) electrons. The van der Waals surface area contributed by atoms with E-state index in [9.17, 15) is 21.6 Å². The lowest BCUT2D eigenvalue weighted by molar-refractivity contribution is -0.0448. The quantitative estimate of drug-likeness (QED) is 0.238. The third-order valence-corrected chi connectivity index (χ3v) is 11.9. The van der Waals surface area contributed by atoms with Crippen LogP contribution in [0.3, 0.4) is 0 Å². The summed E-state index contributed by atoms with van der Waals surface area (Å²) in [5.41, 5.74) is -4.16. The Morgan fingerprint density at radius 3 is 2.21 bits per heavy atom. The van der Waals surface area contributed by atoms with E-state index in [1.165, 1.54) is 5.56 Å². The van der Waals surface area contributed by atoms with Crippen molar-refractivity contribution in [1.82, 2.24) is 4.98 Å². The third kappa shape index (κ3) is 7.41. The normalized spacial score (nSPS) is 14.4. The highest BCUT2D eigenvalue weighted by Gasteiger charge is 2.50. The summed E-state index contributed by atoms with van der Waals surface area (Å²) >= 11 is 0. The monoisotopic (exact) mass is 505 g/mol. The number of aryl methyl sites for hydroxylation is 1. The lowest BCUT2D eigenvalue weighted by Gasteiger charge is -2.38.